The van der Waals surface area contributed by atoms with Gasteiger partial charge in [0.2, 0.25) is 0 Å². The summed E-state index contributed by atoms with van der Waals surface area (Å²) in [6.45, 7) is 13.8. The van der Waals surface area contributed by atoms with Crippen LogP contribution in [0.1, 0.15) is 47.4 Å². The van der Waals surface area contributed by atoms with Crippen molar-refractivity contribution in [2.45, 2.75) is 52.6 Å². The number of aromatic nitrogens is 2. The Hall–Kier alpha value is -0.680. The fourth-order valence-corrected chi connectivity index (χ4v) is 1.97. The number of ether oxygens (including phenoxy) is 1. The molecule has 0 fully saturated rings. The minimum absolute atomic E-state index is 0.0738. The number of halogens is 1. The summed E-state index contributed by atoms with van der Waals surface area (Å²) in [6, 6.07) is 1.89. The van der Waals surface area contributed by atoms with E-state index in [1.54, 1.807) is 0 Å². The Kier molecular flexibility index (Phi) is 5.33. The predicted molar refractivity (Wildman–Crippen MR) is 82.6 cm³/mol. The Bertz CT molecular complexity index is 427. The second kappa shape index (κ2) is 6.18. The molecule has 0 bridgehead atoms. The zero-order valence-electron chi connectivity index (χ0n) is 12.7. The molecule has 1 rings (SSSR count). The van der Waals surface area contributed by atoms with Crippen molar-refractivity contribution >= 4 is 21.7 Å². The molecule has 0 radical (unpaired) electrons. The zero-order valence-corrected chi connectivity index (χ0v) is 14.3. The third-order valence-electron chi connectivity index (χ3n) is 2.60. The molecule has 1 N–H and O–H groups in total. The van der Waals surface area contributed by atoms with Crippen molar-refractivity contribution < 1.29 is 4.74 Å². The maximum Gasteiger partial charge on any atom is 0.137 e. The normalized spacial score (nSPS) is 12.6. The molecule has 0 aliphatic rings. The summed E-state index contributed by atoms with van der Waals surface area (Å²) in [4.78, 5) is 8.98. The lowest BCUT2D eigenvalue weighted by atomic mass is 9.96. The SMILES string of the molecule is CCOC(C)(C)CNc1cc(Br)nc(C(C)(C)C)n1. The van der Waals surface area contributed by atoms with Crippen LogP contribution in [0.3, 0.4) is 0 Å². The lowest BCUT2D eigenvalue weighted by Crippen LogP contribution is -2.33. The third-order valence-corrected chi connectivity index (χ3v) is 3.00. The van der Waals surface area contributed by atoms with Crippen LogP contribution in [0.15, 0.2) is 10.7 Å². The molecule has 5 heteroatoms. The Balaban J connectivity index is 2.82. The van der Waals surface area contributed by atoms with Gasteiger partial charge in [-0.15, -0.1) is 0 Å². The fraction of sp³-hybridized carbons (Fsp3) is 0.714. The van der Waals surface area contributed by atoms with Gasteiger partial charge in [0.25, 0.3) is 0 Å². The van der Waals surface area contributed by atoms with E-state index in [1.165, 1.54) is 0 Å². The van der Waals surface area contributed by atoms with Crippen molar-refractivity contribution in [3.8, 4) is 0 Å². The van der Waals surface area contributed by atoms with Gasteiger partial charge in [0.05, 0.1) is 5.60 Å². The Morgan fingerprint density at radius 2 is 1.84 bits per heavy atom. The van der Waals surface area contributed by atoms with Gasteiger partial charge in [-0.25, -0.2) is 9.97 Å². The topological polar surface area (TPSA) is 47.0 Å². The lowest BCUT2D eigenvalue weighted by Gasteiger charge is -2.25. The van der Waals surface area contributed by atoms with Gasteiger partial charge in [0.1, 0.15) is 16.2 Å². The molecule has 0 atom stereocenters. The molecule has 19 heavy (non-hydrogen) atoms. The molecule has 1 aromatic rings. The zero-order chi connectivity index (χ0) is 14.7. The Morgan fingerprint density at radius 1 is 1.21 bits per heavy atom. The predicted octanol–water partition coefficient (Wildman–Crippen LogP) is 3.76. The van der Waals surface area contributed by atoms with E-state index in [2.05, 4.69) is 65.8 Å². The number of anilines is 1. The van der Waals surface area contributed by atoms with Gasteiger partial charge in [-0.2, -0.15) is 0 Å². The third kappa shape index (κ3) is 5.45. The van der Waals surface area contributed by atoms with Crippen LogP contribution in [0, 0.1) is 0 Å². The van der Waals surface area contributed by atoms with E-state index in [9.17, 15) is 0 Å². The van der Waals surface area contributed by atoms with Crippen LogP contribution in [0.5, 0.6) is 0 Å². The first kappa shape index (κ1) is 16.4. The van der Waals surface area contributed by atoms with Gasteiger partial charge >= 0.3 is 0 Å². The second-order valence-electron chi connectivity index (χ2n) is 6.20. The summed E-state index contributed by atoms with van der Waals surface area (Å²) in [7, 11) is 0. The van der Waals surface area contributed by atoms with Crippen LogP contribution in [-0.4, -0.2) is 28.7 Å². The minimum atomic E-state index is -0.214. The highest BCUT2D eigenvalue weighted by atomic mass is 79.9. The van der Waals surface area contributed by atoms with E-state index in [-0.39, 0.29) is 11.0 Å². The first-order valence-corrected chi connectivity index (χ1v) is 7.36. The summed E-state index contributed by atoms with van der Waals surface area (Å²) in [6.07, 6.45) is 0. The molecule has 0 spiro atoms. The molecule has 1 heterocycles. The van der Waals surface area contributed by atoms with Crippen molar-refractivity contribution in [2.75, 3.05) is 18.5 Å². The van der Waals surface area contributed by atoms with Gasteiger partial charge in [0.15, 0.2) is 0 Å². The molecular weight excluding hydrogens is 306 g/mol. The Labute approximate surface area is 124 Å². The molecule has 0 saturated heterocycles. The van der Waals surface area contributed by atoms with E-state index >= 15 is 0 Å². The number of nitrogens with one attached hydrogen (secondary N) is 1. The molecule has 0 saturated carbocycles. The van der Waals surface area contributed by atoms with Crippen molar-refractivity contribution in [2.24, 2.45) is 0 Å². The average molecular weight is 330 g/mol. The van der Waals surface area contributed by atoms with Gasteiger partial charge in [-0.1, -0.05) is 20.8 Å². The first-order chi connectivity index (χ1) is 8.64. The molecule has 0 aromatic carbocycles. The van der Waals surface area contributed by atoms with E-state index in [0.717, 1.165) is 16.2 Å². The van der Waals surface area contributed by atoms with Crippen LogP contribution in [0.2, 0.25) is 0 Å². The maximum absolute atomic E-state index is 5.66. The number of hydrogen-bond donors (Lipinski definition) is 1. The van der Waals surface area contributed by atoms with E-state index < -0.39 is 0 Å². The highest BCUT2D eigenvalue weighted by molar-refractivity contribution is 9.10. The molecule has 0 amide bonds. The molecule has 0 aliphatic heterocycles. The quantitative estimate of drug-likeness (QED) is 0.835. The smallest absolute Gasteiger partial charge is 0.137 e. The van der Waals surface area contributed by atoms with E-state index in [1.807, 2.05) is 13.0 Å². The lowest BCUT2D eigenvalue weighted by molar-refractivity contribution is 0.000635. The first-order valence-electron chi connectivity index (χ1n) is 6.57. The highest BCUT2D eigenvalue weighted by Crippen LogP contribution is 2.23. The van der Waals surface area contributed by atoms with Gasteiger partial charge < -0.3 is 10.1 Å². The number of rotatable bonds is 5. The van der Waals surface area contributed by atoms with Crippen LogP contribution in [0.4, 0.5) is 5.82 Å². The minimum Gasteiger partial charge on any atom is -0.374 e. The van der Waals surface area contributed by atoms with Crippen LogP contribution in [-0.2, 0) is 10.2 Å². The van der Waals surface area contributed by atoms with E-state index in [0.29, 0.717) is 13.2 Å². The summed E-state index contributed by atoms with van der Waals surface area (Å²) in [5.41, 5.74) is -0.288. The summed E-state index contributed by atoms with van der Waals surface area (Å²) >= 11 is 3.43. The summed E-state index contributed by atoms with van der Waals surface area (Å²) in [5.74, 6) is 1.64. The molecule has 0 aliphatic carbocycles. The molecule has 4 nitrogen and oxygen atoms in total. The highest BCUT2D eigenvalue weighted by Gasteiger charge is 2.20. The van der Waals surface area contributed by atoms with E-state index in [4.69, 9.17) is 4.74 Å². The van der Waals surface area contributed by atoms with Gasteiger partial charge in [0, 0.05) is 24.6 Å². The monoisotopic (exact) mass is 329 g/mol. The van der Waals surface area contributed by atoms with Gasteiger partial charge in [-0.05, 0) is 36.7 Å². The number of hydrogen-bond acceptors (Lipinski definition) is 4. The van der Waals surface area contributed by atoms with Crippen molar-refractivity contribution in [1.29, 1.82) is 0 Å². The molecular formula is C14H24BrN3O. The summed E-state index contributed by atoms with van der Waals surface area (Å²) in [5, 5.41) is 3.32. The van der Waals surface area contributed by atoms with Crippen LogP contribution >= 0.6 is 15.9 Å². The average Bonchev–Trinajstić information content (AvgIpc) is 2.24. The van der Waals surface area contributed by atoms with Crippen molar-refractivity contribution in [1.82, 2.24) is 9.97 Å². The van der Waals surface area contributed by atoms with Crippen LogP contribution < -0.4 is 5.32 Å². The molecule has 108 valence electrons. The second-order valence-corrected chi connectivity index (χ2v) is 7.01. The largest absolute Gasteiger partial charge is 0.374 e. The van der Waals surface area contributed by atoms with Crippen molar-refractivity contribution in [3.05, 3.63) is 16.5 Å². The molecule has 1 aromatic heterocycles. The van der Waals surface area contributed by atoms with Crippen molar-refractivity contribution in [3.63, 3.8) is 0 Å². The molecule has 0 unspecified atom stereocenters. The van der Waals surface area contributed by atoms with Crippen LogP contribution in [0.25, 0.3) is 0 Å². The fourth-order valence-electron chi connectivity index (χ4n) is 1.59. The standard InChI is InChI=1S/C14H24BrN3O/c1-7-19-14(5,6)9-16-11-8-10(15)17-12(18-11)13(2,3)4/h8H,7,9H2,1-6H3,(H,16,17,18). The Morgan fingerprint density at radius 3 is 2.37 bits per heavy atom. The number of nitrogens with zero attached hydrogens (tertiary/aromatic N) is 2. The summed E-state index contributed by atoms with van der Waals surface area (Å²) < 4.78 is 6.46. The van der Waals surface area contributed by atoms with Gasteiger partial charge in [-0.3, -0.25) is 0 Å². The maximum atomic E-state index is 5.66.